The quantitative estimate of drug-likeness (QED) is 0.652. The summed E-state index contributed by atoms with van der Waals surface area (Å²) in [5.41, 5.74) is 5.12. The molecule has 1 saturated heterocycles. The molecule has 0 radical (unpaired) electrons. The standard InChI is InChI=1S/C17H23N7O/c1-13-6-4-5-7-14(13)12-18-22-15-19-16(23(2)3)21-17(20-15)24-8-10-25-11-9-24/h4-7,12H,8-11H2,1-3H3,(H,19,20,21,22)/b18-12+. The molecule has 2 heterocycles. The molecule has 0 unspecified atom stereocenters. The Balaban J connectivity index is 1.80. The van der Waals surface area contributed by atoms with Crippen molar-refractivity contribution in [2.24, 2.45) is 5.10 Å². The Morgan fingerprint density at radius 3 is 2.64 bits per heavy atom. The fraction of sp³-hybridized carbons (Fsp3) is 0.412. The number of hydrogen-bond donors (Lipinski definition) is 1. The molecule has 3 rings (SSSR count). The summed E-state index contributed by atoms with van der Waals surface area (Å²) in [5.74, 6) is 1.64. The number of aryl methyl sites for hydroxylation is 1. The van der Waals surface area contributed by atoms with Crippen LogP contribution in [0.4, 0.5) is 17.8 Å². The molecule has 25 heavy (non-hydrogen) atoms. The molecule has 8 heteroatoms. The van der Waals surface area contributed by atoms with Gasteiger partial charge in [0.1, 0.15) is 0 Å². The van der Waals surface area contributed by atoms with Gasteiger partial charge in [-0.05, 0) is 18.1 Å². The van der Waals surface area contributed by atoms with Gasteiger partial charge >= 0.3 is 0 Å². The van der Waals surface area contributed by atoms with E-state index in [1.165, 1.54) is 0 Å². The Morgan fingerprint density at radius 1 is 1.16 bits per heavy atom. The van der Waals surface area contributed by atoms with Crippen molar-refractivity contribution >= 4 is 24.1 Å². The van der Waals surface area contributed by atoms with E-state index in [0.717, 1.165) is 24.2 Å². The lowest BCUT2D eigenvalue weighted by Crippen LogP contribution is -2.37. The van der Waals surface area contributed by atoms with E-state index in [-0.39, 0.29) is 0 Å². The van der Waals surface area contributed by atoms with Crippen LogP contribution in [0.15, 0.2) is 29.4 Å². The molecular weight excluding hydrogens is 318 g/mol. The van der Waals surface area contributed by atoms with E-state index < -0.39 is 0 Å². The molecule has 8 nitrogen and oxygen atoms in total. The van der Waals surface area contributed by atoms with Gasteiger partial charge in [-0.3, -0.25) is 0 Å². The molecule has 1 fully saturated rings. The van der Waals surface area contributed by atoms with Crippen molar-refractivity contribution in [1.29, 1.82) is 0 Å². The average Bonchev–Trinajstić information content (AvgIpc) is 2.64. The second-order valence-electron chi connectivity index (χ2n) is 5.98. The number of nitrogens with zero attached hydrogens (tertiary/aromatic N) is 6. The second-order valence-corrected chi connectivity index (χ2v) is 5.98. The van der Waals surface area contributed by atoms with Gasteiger partial charge in [0, 0.05) is 27.2 Å². The number of hydrogen-bond acceptors (Lipinski definition) is 8. The van der Waals surface area contributed by atoms with E-state index in [2.05, 4.69) is 30.4 Å². The van der Waals surface area contributed by atoms with E-state index in [1.54, 1.807) is 6.21 Å². The van der Waals surface area contributed by atoms with Crippen LogP contribution in [0.5, 0.6) is 0 Å². The van der Waals surface area contributed by atoms with Crippen LogP contribution >= 0.6 is 0 Å². The Morgan fingerprint density at radius 2 is 1.92 bits per heavy atom. The lowest BCUT2D eigenvalue weighted by Gasteiger charge is -2.27. The average molecular weight is 341 g/mol. The second kappa shape index (κ2) is 7.89. The molecule has 1 aliphatic rings. The number of ether oxygens (including phenoxy) is 1. The highest BCUT2D eigenvalue weighted by molar-refractivity contribution is 5.81. The zero-order valence-electron chi connectivity index (χ0n) is 14.8. The van der Waals surface area contributed by atoms with Crippen LogP contribution < -0.4 is 15.2 Å². The minimum absolute atomic E-state index is 0.421. The van der Waals surface area contributed by atoms with Gasteiger partial charge in [0.2, 0.25) is 17.8 Å². The zero-order valence-corrected chi connectivity index (χ0v) is 14.8. The Kier molecular flexibility index (Phi) is 5.39. The first-order chi connectivity index (χ1) is 12.1. The minimum atomic E-state index is 0.421. The molecule has 2 aromatic rings. The predicted octanol–water partition coefficient (Wildman–Crippen LogP) is 1.53. The van der Waals surface area contributed by atoms with Gasteiger partial charge in [-0.2, -0.15) is 20.1 Å². The van der Waals surface area contributed by atoms with Gasteiger partial charge in [0.25, 0.3) is 0 Å². The topological polar surface area (TPSA) is 78.8 Å². The SMILES string of the molecule is Cc1ccccc1/C=N/Nc1nc(N(C)C)nc(N2CCOCC2)n1. The number of rotatable bonds is 5. The van der Waals surface area contributed by atoms with Gasteiger partial charge in [-0.25, -0.2) is 5.43 Å². The van der Waals surface area contributed by atoms with Crippen molar-refractivity contribution in [2.75, 3.05) is 55.6 Å². The van der Waals surface area contributed by atoms with Crippen LogP contribution in [0.3, 0.4) is 0 Å². The van der Waals surface area contributed by atoms with Gasteiger partial charge in [0.05, 0.1) is 19.4 Å². The highest BCUT2D eigenvalue weighted by Gasteiger charge is 2.17. The molecule has 132 valence electrons. The highest BCUT2D eigenvalue weighted by atomic mass is 16.5. The number of anilines is 3. The first kappa shape index (κ1) is 17.1. The summed E-state index contributed by atoms with van der Waals surface area (Å²) >= 11 is 0. The summed E-state index contributed by atoms with van der Waals surface area (Å²) < 4.78 is 5.39. The highest BCUT2D eigenvalue weighted by Crippen LogP contribution is 2.16. The summed E-state index contributed by atoms with van der Waals surface area (Å²) in [6, 6.07) is 8.05. The number of benzene rings is 1. The van der Waals surface area contributed by atoms with Crippen molar-refractivity contribution < 1.29 is 4.74 Å². The molecular formula is C17H23N7O. The van der Waals surface area contributed by atoms with Gasteiger partial charge in [-0.1, -0.05) is 24.3 Å². The molecule has 0 atom stereocenters. The van der Waals surface area contributed by atoms with Gasteiger partial charge in [-0.15, -0.1) is 0 Å². The first-order valence-corrected chi connectivity index (χ1v) is 8.24. The third kappa shape index (κ3) is 4.42. The van der Waals surface area contributed by atoms with Crippen molar-refractivity contribution in [2.45, 2.75) is 6.92 Å². The van der Waals surface area contributed by atoms with E-state index >= 15 is 0 Å². The number of hydrazone groups is 1. The minimum Gasteiger partial charge on any atom is -0.378 e. The maximum atomic E-state index is 5.39. The van der Waals surface area contributed by atoms with Crippen molar-refractivity contribution in [3.63, 3.8) is 0 Å². The van der Waals surface area contributed by atoms with Gasteiger partial charge < -0.3 is 14.5 Å². The molecule has 1 N–H and O–H groups in total. The van der Waals surface area contributed by atoms with E-state index in [0.29, 0.717) is 31.1 Å². The van der Waals surface area contributed by atoms with E-state index in [9.17, 15) is 0 Å². The van der Waals surface area contributed by atoms with E-state index in [4.69, 9.17) is 4.74 Å². The molecule has 0 aliphatic carbocycles. The van der Waals surface area contributed by atoms with Crippen LogP contribution in [-0.4, -0.2) is 61.6 Å². The molecule has 1 aromatic heterocycles. The predicted molar refractivity (Wildman–Crippen MR) is 99.6 cm³/mol. The number of morpholine rings is 1. The summed E-state index contributed by atoms with van der Waals surface area (Å²) in [6.45, 7) is 4.94. The summed E-state index contributed by atoms with van der Waals surface area (Å²) in [5, 5.41) is 4.27. The number of nitrogens with one attached hydrogen (secondary N) is 1. The van der Waals surface area contributed by atoms with Crippen LogP contribution in [0.1, 0.15) is 11.1 Å². The Hall–Kier alpha value is -2.74. The molecule has 0 bridgehead atoms. The maximum absolute atomic E-state index is 5.39. The number of aromatic nitrogens is 3. The van der Waals surface area contributed by atoms with Crippen LogP contribution in [0.25, 0.3) is 0 Å². The first-order valence-electron chi connectivity index (χ1n) is 8.24. The molecule has 0 saturated carbocycles. The largest absolute Gasteiger partial charge is 0.378 e. The monoisotopic (exact) mass is 341 g/mol. The third-order valence-electron chi connectivity index (χ3n) is 3.86. The van der Waals surface area contributed by atoms with Crippen molar-refractivity contribution in [3.8, 4) is 0 Å². The fourth-order valence-electron chi connectivity index (χ4n) is 2.40. The Bertz CT molecular complexity index is 742. The summed E-state index contributed by atoms with van der Waals surface area (Å²) in [7, 11) is 3.80. The van der Waals surface area contributed by atoms with E-state index in [1.807, 2.05) is 50.2 Å². The molecule has 1 aliphatic heterocycles. The fourth-order valence-corrected chi connectivity index (χ4v) is 2.40. The van der Waals surface area contributed by atoms with Crippen LogP contribution in [0, 0.1) is 6.92 Å². The lowest BCUT2D eigenvalue weighted by molar-refractivity contribution is 0.122. The molecule has 0 amide bonds. The smallest absolute Gasteiger partial charge is 0.250 e. The normalized spacial score (nSPS) is 14.8. The van der Waals surface area contributed by atoms with Gasteiger partial charge in [0.15, 0.2) is 0 Å². The Labute approximate surface area is 147 Å². The maximum Gasteiger partial charge on any atom is 0.250 e. The molecule has 0 spiro atoms. The molecule has 1 aromatic carbocycles. The van der Waals surface area contributed by atoms with Crippen LogP contribution in [-0.2, 0) is 4.74 Å². The summed E-state index contributed by atoms with van der Waals surface area (Å²) in [6.07, 6.45) is 1.77. The van der Waals surface area contributed by atoms with Crippen molar-refractivity contribution in [3.05, 3.63) is 35.4 Å². The van der Waals surface area contributed by atoms with Crippen LogP contribution in [0.2, 0.25) is 0 Å². The zero-order chi connectivity index (χ0) is 17.6. The summed E-state index contributed by atoms with van der Waals surface area (Å²) in [4.78, 5) is 17.4. The third-order valence-corrected chi connectivity index (χ3v) is 3.86. The van der Waals surface area contributed by atoms with Crippen molar-refractivity contribution in [1.82, 2.24) is 15.0 Å². The lowest BCUT2D eigenvalue weighted by atomic mass is 10.1.